The first-order valence-electron chi connectivity index (χ1n) is 3.71. The highest BCUT2D eigenvalue weighted by Gasteiger charge is 2.01. The summed E-state index contributed by atoms with van der Waals surface area (Å²) in [5.41, 5.74) is 5.36. The molecule has 1 heterocycles. The number of anilines is 1. The van der Waals surface area contributed by atoms with E-state index in [4.69, 9.17) is 12.2 Å². The van der Waals surface area contributed by atoms with Crippen LogP contribution in [0.4, 0.5) is 5.82 Å². The highest BCUT2D eigenvalue weighted by Crippen LogP contribution is 1.94. The monoisotopic (exact) mass is 178 g/mol. The summed E-state index contributed by atoms with van der Waals surface area (Å²) < 4.78 is 1.45. The van der Waals surface area contributed by atoms with Crippen molar-refractivity contribution in [3.8, 4) is 12.3 Å². The number of terminal acetylenes is 1. The Morgan fingerprint density at radius 2 is 2.62 bits per heavy atom. The molecule has 0 unspecified atom stereocenters. The minimum absolute atomic E-state index is 0.138. The van der Waals surface area contributed by atoms with Crippen molar-refractivity contribution in [2.45, 2.75) is 6.54 Å². The van der Waals surface area contributed by atoms with Crippen molar-refractivity contribution in [2.75, 3.05) is 12.3 Å². The van der Waals surface area contributed by atoms with Crippen molar-refractivity contribution in [3.63, 3.8) is 0 Å². The van der Waals surface area contributed by atoms with Crippen LogP contribution in [0.3, 0.4) is 0 Å². The molecule has 0 aliphatic carbocycles. The predicted molar refractivity (Wildman–Crippen MR) is 48.5 cm³/mol. The lowest BCUT2D eigenvalue weighted by atomic mass is 10.5. The summed E-state index contributed by atoms with van der Waals surface area (Å²) in [6.45, 7) is 0.370. The molecule has 1 amide bonds. The van der Waals surface area contributed by atoms with E-state index in [-0.39, 0.29) is 19.0 Å². The molecule has 3 N–H and O–H groups in total. The van der Waals surface area contributed by atoms with Gasteiger partial charge < -0.3 is 11.1 Å². The van der Waals surface area contributed by atoms with E-state index in [1.54, 1.807) is 12.3 Å². The molecule has 5 heteroatoms. The molecule has 0 aromatic carbocycles. The quantitative estimate of drug-likeness (QED) is 0.596. The SMILES string of the molecule is C#CCNC(=O)Cn1ccc(N)n1. The number of aromatic nitrogens is 2. The first-order valence-corrected chi connectivity index (χ1v) is 3.71. The van der Waals surface area contributed by atoms with Crippen LogP contribution in [0.2, 0.25) is 0 Å². The highest BCUT2D eigenvalue weighted by molar-refractivity contribution is 5.75. The van der Waals surface area contributed by atoms with E-state index in [1.165, 1.54) is 4.68 Å². The van der Waals surface area contributed by atoms with Crippen LogP contribution in [-0.4, -0.2) is 22.2 Å². The van der Waals surface area contributed by atoms with Gasteiger partial charge in [-0.25, -0.2) is 0 Å². The first-order chi connectivity index (χ1) is 6.22. The zero-order chi connectivity index (χ0) is 9.68. The van der Waals surface area contributed by atoms with Gasteiger partial charge in [0.15, 0.2) is 0 Å². The summed E-state index contributed by atoms with van der Waals surface area (Å²) in [5.74, 6) is 2.52. The minimum Gasteiger partial charge on any atom is -0.382 e. The molecule has 1 aromatic rings. The van der Waals surface area contributed by atoms with Gasteiger partial charge in [-0.2, -0.15) is 5.10 Å². The van der Waals surface area contributed by atoms with Crippen LogP contribution in [0.1, 0.15) is 0 Å². The molecule has 0 radical (unpaired) electrons. The van der Waals surface area contributed by atoms with Gasteiger partial charge in [0, 0.05) is 6.20 Å². The fraction of sp³-hybridized carbons (Fsp3) is 0.250. The number of amides is 1. The van der Waals surface area contributed by atoms with Crippen molar-refractivity contribution in [1.82, 2.24) is 15.1 Å². The molecular weight excluding hydrogens is 168 g/mol. The van der Waals surface area contributed by atoms with Gasteiger partial charge in [-0.15, -0.1) is 6.42 Å². The van der Waals surface area contributed by atoms with Gasteiger partial charge in [0.25, 0.3) is 0 Å². The van der Waals surface area contributed by atoms with E-state index in [0.29, 0.717) is 5.82 Å². The van der Waals surface area contributed by atoms with Crippen LogP contribution in [0.25, 0.3) is 0 Å². The van der Waals surface area contributed by atoms with Gasteiger partial charge in [0.05, 0.1) is 6.54 Å². The Bertz CT molecular complexity index is 336. The molecule has 0 saturated heterocycles. The molecule has 0 fully saturated rings. The number of rotatable bonds is 3. The molecule has 68 valence electrons. The maximum Gasteiger partial charge on any atom is 0.242 e. The molecule has 0 bridgehead atoms. The summed E-state index contributed by atoms with van der Waals surface area (Å²) in [7, 11) is 0. The number of hydrogen-bond acceptors (Lipinski definition) is 3. The van der Waals surface area contributed by atoms with Crippen LogP contribution in [-0.2, 0) is 11.3 Å². The van der Waals surface area contributed by atoms with Crippen LogP contribution < -0.4 is 11.1 Å². The lowest BCUT2D eigenvalue weighted by molar-refractivity contribution is -0.121. The predicted octanol–water partition coefficient (Wildman–Crippen LogP) is -0.785. The molecule has 0 saturated carbocycles. The van der Waals surface area contributed by atoms with E-state index in [0.717, 1.165) is 0 Å². The standard InChI is InChI=1S/C8H10N4O/c1-2-4-10-8(13)6-12-5-3-7(9)11-12/h1,3,5H,4,6H2,(H2,9,11)(H,10,13). The second-order valence-corrected chi connectivity index (χ2v) is 2.42. The lowest BCUT2D eigenvalue weighted by Crippen LogP contribution is -2.27. The zero-order valence-electron chi connectivity index (χ0n) is 7.03. The van der Waals surface area contributed by atoms with Crippen LogP contribution in [0, 0.1) is 12.3 Å². The van der Waals surface area contributed by atoms with Crippen LogP contribution in [0.15, 0.2) is 12.3 Å². The number of carbonyl (C=O) groups excluding carboxylic acids is 1. The van der Waals surface area contributed by atoms with E-state index >= 15 is 0 Å². The minimum atomic E-state index is -0.180. The third-order valence-corrected chi connectivity index (χ3v) is 1.35. The molecule has 13 heavy (non-hydrogen) atoms. The Balaban J connectivity index is 2.41. The van der Waals surface area contributed by atoms with Crippen molar-refractivity contribution < 1.29 is 4.79 Å². The molecule has 1 rings (SSSR count). The Morgan fingerprint density at radius 3 is 3.15 bits per heavy atom. The lowest BCUT2D eigenvalue weighted by Gasteiger charge is -2.00. The second-order valence-electron chi connectivity index (χ2n) is 2.42. The van der Waals surface area contributed by atoms with Crippen molar-refractivity contribution in [3.05, 3.63) is 12.3 Å². The molecule has 0 aliphatic rings. The second kappa shape index (κ2) is 4.16. The van der Waals surface area contributed by atoms with Gasteiger partial charge in [0.2, 0.25) is 5.91 Å². The maximum atomic E-state index is 11.1. The Hall–Kier alpha value is -1.96. The van der Waals surface area contributed by atoms with Crippen molar-refractivity contribution in [1.29, 1.82) is 0 Å². The summed E-state index contributed by atoms with van der Waals surface area (Å²) in [6, 6.07) is 1.62. The number of carbonyl (C=O) groups is 1. The number of hydrogen-bond donors (Lipinski definition) is 2. The van der Waals surface area contributed by atoms with Gasteiger partial charge >= 0.3 is 0 Å². The highest BCUT2D eigenvalue weighted by atomic mass is 16.2. The fourth-order valence-electron chi connectivity index (χ4n) is 0.818. The van der Waals surface area contributed by atoms with E-state index < -0.39 is 0 Å². The molecule has 0 aliphatic heterocycles. The average molecular weight is 178 g/mol. The average Bonchev–Trinajstić information content (AvgIpc) is 2.48. The smallest absolute Gasteiger partial charge is 0.242 e. The number of nitrogens with one attached hydrogen (secondary N) is 1. The van der Waals surface area contributed by atoms with Crippen molar-refractivity contribution in [2.24, 2.45) is 0 Å². The van der Waals surface area contributed by atoms with E-state index in [1.807, 2.05) is 0 Å². The number of nitrogens with zero attached hydrogens (tertiary/aromatic N) is 2. The molecule has 0 atom stereocenters. The van der Waals surface area contributed by atoms with E-state index in [2.05, 4.69) is 16.3 Å². The maximum absolute atomic E-state index is 11.1. The van der Waals surface area contributed by atoms with Crippen LogP contribution in [0.5, 0.6) is 0 Å². The number of nitrogens with two attached hydrogens (primary N) is 1. The number of nitrogen functional groups attached to an aromatic ring is 1. The largest absolute Gasteiger partial charge is 0.382 e. The molecule has 5 nitrogen and oxygen atoms in total. The summed E-state index contributed by atoms with van der Waals surface area (Å²) in [6.07, 6.45) is 6.60. The first kappa shape index (κ1) is 9.13. The van der Waals surface area contributed by atoms with Crippen LogP contribution >= 0.6 is 0 Å². The van der Waals surface area contributed by atoms with Gasteiger partial charge in [-0.3, -0.25) is 9.48 Å². The summed E-state index contributed by atoms with van der Waals surface area (Å²) in [5, 5.41) is 6.35. The van der Waals surface area contributed by atoms with Gasteiger partial charge in [-0.1, -0.05) is 5.92 Å². The Kier molecular flexibility index (Phi) is 2.92. The molecular formula is C8H10N4O. The molecule has 1 aromatic heterocycles. The Morgan fingerprint density at radius 1 is 1.85 bits per heavy atom. The van der Waals surface area contributed by atoms with Gasteiger partial charge in [-0.05, 0) is 6.07 Å². The zero-order valence-corrected chi connectivity index (χ0v) is 7.03. The topological polar surface area (TPSA) is 72.9 Å². The van der Waals surface area contributed by atoms with E-state index in [9.17, 15) is 4.79 Å². The van der Waals surface area contributed by atoms with Gasteiger partial charge in [0.1, 0.15) is 12.4 Å². The fourth-order valence-corrected chi connectivity index (χ4v) is 0.818. The summed E-state index contributed by atoms with van der Waals surface area (Å²) >= 11 is 0. The third kappa shape index (κ3) is 2.87. The Labute approximate surface area is 75.9 Å². The van der Waals surface area contributed by atoms with Crippen molar-refractivity contribution >= 4 is 11.7 Å². The summed E-state index contributed by atoms with van der Waals surface area (Å²) in [4.78, 5) is 11.1. The third-order valence-electron chi connectivity index (χ3n) is 1.35. The normalized spacial score (nSPS) is 9.15. The molecule has 0 spiro atoms.